The minimum atomic E-state index is -0.943. The standard InChI is InChI=1S/C21H34O5/c1-13-15(22)16(23)17-18(2,3)7-6-8-19(17,4)21(13)10-9-20(26-21)11-14(24-5)25-12-20/h13-15,17,22H,6-12H2,1-5H3/t13-,14-,15-,17+,19+,20+,21-/m1/s1. The van der Waals surface area contributed by atoms with Gasteiger partial charge in [0.1, 0.15) is 6.10 Å². The van der Waals surface area contributed by atoms with Crippen LogP contribution in [0.5, 0.6) is 0 Å². The quantitative estimate of drug-likeness (QED) is 0.773. The molecule has 2 saturated heterocycles. The SMILES string of the molecule is CO[C@H]1C[C@@]2(CC[C@@]3(O2)[C@H](C)[C@@H](O)C(=O)[C@H]2C(C)(C)CCC[C@@]23C)CO1. The number of aliphatic hydroxyl groups excluding tert-OH is 1. The van der Waals surface area contributed by atoms with E-state index in [0.29, 0.717) is 6.61 Å². The molecule has 4 rings (SSSR count). The summed E-state index contributed by atoms with van der Waals surface area (Å²) in [7, 11) is 1.67. The maximum Gasteiger partial charge on any atom is 0.165 e. The van der Waals surface area contributed by atoms with E-state index in [2.05, 4.69) is 20.8 Å². The number of carbonyl (C=O) groups is 1. The van der Waals surface area contributed by atoms with Crippen LogP contribution in [0.25, 0.3) is 0 Å². The summed E-state index contributed by atoms with van der Waals surface area (Å²) in [5, 5.41) is 10.9. The van der Waals surface area contributed by atoms with Gasteiger partial charge < -0.3 is 19.3 Å². The fourth-order valence-electron chi connectivity index (χ4n) is 7.10. The van der Waals surface area contributed by atoms with Gasteiger partial charge in [0.2, 0.25) is 0 Å². The van der Waals surface area contributed by atoms with Crippen LogP contribution in [0, 0.1) is 22.7 Å². The van der Waals surface area contributed by atoms with Crippen LogP contribution < -0.4 is 0 Å². The van der Waals surface area contributed by atoms with E-state index in [1.807, 2.05) is 6.92 Å². The molecule has 0 unspecified atom stereocenters. The second kappa shape index (κ2) is 5.76. The van der Waals surface area contributed by atoms with E-state index in [1.165, 1.54) is 0 Å². The Morgan fingerprint density at radius 2 is 1.88 bits per heavy atom. The molecule has 2 heterocycles. The summed E-state index contributed by atoms with van der Waals surface area (Å²) in [6.07, 6.45) is 4.45. The average molecular weight is 366 g/mol. The van der Waals surface area contributed by atoms with Crippen LogP contribution >= 0.6 is 0 Å². The first-order valence-electron chi connectivity index (χ1n) is 10.2. The Morgan fingerprint density at radius 1 is 1.15 bits per heavy atom. The van der Waals surface area contributed by atoms with Gasteiger partial charge in [-0.15, -0.1) is 0 Å². The maximum absolute atomic E-state index is 13.2. The van der Waals surface area contributed by atoms with Crippen molar-refractivity contribution in [3.8, 4) is 0 Å². The third-order valence-electron chi connectivity index (χ3n) is 8.37. The van der Waals surface area contributed by atoms with Crippen molar-refractivity contribution < 1.29 is 24.1 Å². The highest BCUT2D eigenvalue weighted by atomic mass is 16.7. The number of hydrogen-bond acceptors (Lipinski definition) is 5. The zero-order valence-electron chi connectivity index (χ0n) is 16.8. The van der Waals surface area contributed by atoms with Gasteiger partial charge in [0.05, 0.1) is 17.8 Å². The van der Waals surface area contributed by atoms with Gasteiger partial charge >= 0.3 is 0 Å². The monoisotopic (exact) mass is 366 g/mol. The lowest BCUT2D eigenvalue weighted by molar-refractivity contribution is -0.255. The molecule has 0 aromatic carbocycles. The van der Waals surface area contributed by atoms with Gasteiger partial charge in [-0.1, -0.05) is 34.1 Å². The zero-order valence-corrected chi connectivity index (χ0v) is 16.8. The molecule has 4 fully saturated rings. The lowest BCUT2D eigenvalue weighted by atomic mass is 9.43. The minimum absolute atomic E-state index is 0.0253. The van der Waals surface area contributed by atoms with Gasteiger partial charge in [0, 0.05) is 30.8 Å². The van der Waals surface area contributed by atoms with E-state index in [1.54, 1.807) is 7.11 Å². The summed E-state index contributed by atoms with van der Waals surface area (Å²) in [6.45, 7) is 9.17. The molecule has 2 spiro atoms. The molecule has 0 aromatic heterocycles. The molecular formula is C21H34O5. The Hall–Kier alpha value is -0.490. The smallest absolute Gasteiger partial charge is 0.165 e. The lowest BCUT2D eigenvalue weighted by Crippen LogP contribution is -2.69. The number of rotatable bonds is 1. The molecule has 7 atom stereocenters. The first-order chi connectivity index (χ1) is 12.1. The Balaban J connectivity index is 1.76. The Labute approximate surface area is 156 Å². The van der Waals surface area contributed by atoms with Crippen molar-refractivity contribution in [1.82, 2.24) is 0 Å². The van der Waals surface area contributed by atoms with Crippen LogP contribution in [-0.4, -0.2) is 48.2 Å². The second-order valence-electron chi connectivity index (χ2n) is 10.2. The predicted octanol–water partition coefficient (Wildman–Crippen LogP) is 3.08. The molecule has 0 aromatic rings. The molecule has 148 valence electrons. The highest BCUT2D eigenvalue weighted by molar-refractivity contribution is 5.88. The first kappa shape index (κ1) is 18.9. The van der Waals surface area contributed by atoms with E-state index in [4.69, 9.17) is 14.2 Å². The number of carbonyl (C=O) groups excluding carboxylic acids is 1. The molecule has 1 N–H and O–H groups in total. The minimum Gasteiger partial charge on any atom is -0.385 e. The van der Waals surface area contributed by atoms with E-state index < -0.39 is 11.7 Å². The molecule has 0 amide bonds. The van der Waals surface area contributed by atoms with Crippen LogP contribution in [0.3, 0.4) is 0 Å². The number of ether oxygens (including phenoxy) is 3. The average Bonchev–Trinajstić information content (AvgIpc) is 3.16. The van der Waals surface area contributed by atoms with Crippen LogP contribution in [0.1, 0.15) is 66.2 Å². The van der Waals surface area contributed by atoms with Crippen molar-refractivity contribution in [2.45, 2.75) is 89.8 Å². The van der Waals surface area contributed by atoms with Crippen molar-refractivity contribution >= 4 is 5.78 Å². The Morgan fingerprint density at radius 3 is 2.54 bits per heavy atom. The largest absolute Gasteiger partial charge is 0.385 e. The predicted molar refractivity (Wildman–Crippen MR) is 96.6 cm³/mol. The van der Waals surface area contributed by atoms with Crippen molar-refractivity contribution in [2.75, 3.05) is 13.7 Å². The number of hydrogen-bond donors (Lipinski definition) is 1. The number of methoxy groups -OCH3 is 1. The summed E-state index contributed by atoms with van der Waals surface area (Å²) in [6, 6.07) is 0. The van der Waals surface area contributed by atoms with Crippen molar-refractivity contribution in [3.05, 3.63) is 0 Å². The highest BCUT2D eigenvalue weighted by Crippen LogP contribution is 2.67. The van der Waals surface area contributed by atoms with Crippen molar-refractivity contribution in [1.29, 1.82) is 0 Å². The van der Waals surface area contributed by atoms with Crippen molar-refractivity contribution in [2.24, 2.45) is 22.7 Å². The first-order valence-corrected chi connectivity index (χ1v) is 10.2. The number of aliphatic hydroxyl groups is 1. The molecule has 4 aliphatic rings. The summed E-state index contributed by atoms with van der Waals surface area (Å²) in [5.74, 6) is -0.339. The molecule has 5 heteroatoms. The lowest BCUT2D eigenvalue weighted by Gasteiger charge is -2.63. The summed E-state index contributed by atoms with van der Waals surface area (Å²) < 4.78 is 18.1. The molecule has 2 aliphatic carbocycles. The van der Waals surface area contributed by atoms with Crippen LogP contribution in [-0.2, 0) is 19.0 Å². The second-order valence-corrected chi connectivity index (χ2v) is 10.2. The molecule has 5 nitrogen and oxygen atoms in total. The fraction of sp³-hybridized carbons (Fsp3) is 0.952. The van der Waals surface area contributed by atoms with Crippen LogP contribution in [0.15, 0.2) is 0 Å². The fourth-order valence-corrected chi connectivity index (χ4v) is 7.10. The van der Waals surface area contributed by atoms with E-state index in [-0.39, 0.29) is 40.3 Å². The van der Waals surface area contributed by atoms with Gasteiger partial charge in [0.15, 0.2) is 12.1 Å². The van der Waals surface area contributed by atoms with E-state index in [9.17, 15) is 9.90 Å². The third kappa shape index (κ3) is 2.27. The molecule has 26 heavy (non-hydrogen) atoms. The van der Waals surface area contributed by atoms with Crippen LogP contribution in [0.4, 0.5) is 0 Å². The number of ketones is 1. The molecule has 0 bridgehead atoms. The summed E-state index contributed by atoms with van der Waals surface area (Å²) in [4.78, 5) is 13.2. The summed E-state index contributed by atoms with van der Waals surface area (Å²) in [5.41, 5.74) is -1.18. The third-order valence-corrected chi connectivity index (χ3v) is 8.37. The molecule has 2 aliphatic heterocycles. The Bertz CT molecular complexity index is 603. The zero-order chi connectivity index (χ0) is 19.0. The van der Waals surface area contributed by atoms with Gasteiger partial charge in [-0.3, -0.25) is 4.79 Å². The van der Waals surface area contributed by atoms with Gasteiger partial charge in [-0.05, 0) is 31.1 Å². The molecule has 0 radical (unpaired) electrons. The van der Waals surface area contributed by atoms with E-state index in [0.717, 1.165) is 38.5 Å². The summed E-state index contributed by atoms with van der Waals surface area (Å²) >= 11 is 0. The van der Waals surface area contributed by atoms with Gasteiger partial charge in [-0.2, -0.15) is 0 Å². The normalized spacial score (nSPS) is 53.4. The Kier molecular flexibility index (Phi) is 4.17. The van der Waals surface area contributed by atoms with E-state index >= 15 is 0 Å². The highest BCUT2D eigenvalue weighted by Gasteiger charge is 2.72. The maximum atomic E-state index is 13.2. The topological polar surface area (TPSA) is 65.0 Å². The van der Waals surface area contributed by atoms with Gasteiger partial charge in [-0.25, -0.2) is 0 Å². The van der Waals surface area contributed by atoms with Gasteiger partial charge in [0.25, 0.3) is 0 Å². The number of Topliss-reactive ketones (excluding diaryl/α,β-unsaturated/α-hetero) is 1. The number of fused-ring (bicyclic) bond motifs is 2. The molecule has 2 saturated carbocycles. The molecular weight excluding hydrogens is 332 g/mol. The van der Waals surface area contributed by atoms with Crippen molar-refractivity contribution in [3.63, 3.8) is 0 Å². The van der Waals surface area contributed by atoms with Crippen LogP contribution in [0.2, 0.25) is 0 Å².